The van der Waals surface area contributed by atoms with Gasteiger partial charge in [0.25, 0.3) is 16.6 Å². The Balaban J connectivity index is 5.14. The van der Waals surface area contributed by atoms with Crippen LogP contribution in [0.2, 0.25) is 34.8 Å². The highest BCUT2D eigenvalue weighted by Gasteiger charge is 2.48. The maximum absolute atomic E-state index is 12.2. The van der Waals surface area contributed by atoms with Gasteiger partial charge >= 0.3 is 12.2 Å². The molecule has 0 heterocycles. The second kappa shape index (κ2) is 10.2. The minimum absolute atomic E-state index is 0.249. The Morgan fingerprint density at radius 3 is 1.32 bits per heavy atom. The van der Waals surface area contributed by atoms with E-state index in [1.165, 1.54) is 0 Å². The molecule has 0 aliphatic rings. The molecule has 0 spiro atoms. The number of hydrogen-bond donors (Lipinski definition) is 0. The molecule has 0 atom stereocenters. The van der Waals surface area contributed by atoms with Crippen molar-refractivity contribution in [2.24, 2.45) is 10.2 Å². The Bertz CT molecular complexity index is 445. The molecule has 0 rings (SSSR count). The van der Waals surface area contributed by atoms with Crippen LogP contribution in [0.1, 0.15) is 62.3 Å². The van der Waals surface area contributed by atoms with Crippen LogP contribution < -0.4 is 0 Å². The van der Waals surface area contributed by atoms with E-state index >= 15 is 0 Å². The quantitative estimate of drug-likeness (QED) is 0.335. The van der Waals surface area contributed by atoms with Crippen LogP contribution in [0, 0.1) is 0 Å². The van der Waals surface area contributed by atoms with Crippen LogP contribution in [0.4, 0.5) is 9.59 Å². The van der Waals surface area contributed by atoms with Gasteiger partial charge < -0.3 is 8.85 Å². The summed E-state index contributed by atoms with van der Waals surface area (Å²) in [5, 5.41) is 6.95. The van der Waals surface area contributed by atoms with Gasteiger partial charge in [-0.25, -0.2) is 9.59 Å². The zero-order valence-electron chi connectivity index (χ0n) is 17.4. The summed E-state index contributed by atoms with van der Waals surface area (Å²) in [4.78, 5) is 24.2. The predicted octanol–water partition coefficient (Wildman–Crippen LogP) is 6.89. The van der Waals surface area contributed by atoms with Crippen LogP contribution in [-0.4, -0.2) is 28.8 Å². The van der Waals surface area contributed by atoms with Gasteiger partial charge in [0, 0.05) is 0 Å². The normalized spacial score (nSPS) is 13.1. The number of rotatable bonds is 8. The maximum Gasteiger partial charge on any atom is 0.439 e. The molecule has 0 unspecified atom stereocenters. The van der Waals surface area contributed by atoms with Crippen molar-refractivity contribution < 1.29 is 18.4 Å². The molecule has 0 aromatic carbocycles. The summed E-state index contributed by atoms with van der Waals surface area (Å²) in [6, 6.07) is 2.49. The number of carbonyl (C=O) groups excluding carboxylic acids is 2. The smallest absolute Gasteiger partial charge is 0.439 e. The number of azo groups is 1. The molecule has 0 aromatic rings. The molecule has 2 amide bonds. The summed E-state index contributed by atoms with van der Waals surface area (Å²) in [7, 11) is -4.48. The molecular weight excluding hydrogens is 352 g/mol. The Morgan fingerprint density at radius 1 is 0.720 bits per heavy atom. The standard InChI is InChI=1S/C17H36N2O4Si2/c1-10-24(11-2,12-3)22-16(20)18-19-17(21)23-25(13(4)5,14(6)7)15(8)9/h13-15H,10-12H2,1-9H3/b19-18+. The third-order valence-corrected chi connectivity index (χ3v) is 15.8. The van der Waals surface area contributed by atoms with Crippen LogP contribution in [0.25, 0.3) is 0 Å². The molecule has 0 bridgehead atoms. The topological polar surface area (TPSA) is 77.3 Å². The highest BCUT2D eigenvalue weighted by atomic mass is 28.4. The van der Waals surface area contributed by atoms with Gasteiger partial charge in [0.15, 0.2) is 0 Å². The van der Waals surface area contributed by atoms with Crippen LogP contribution in [0.3, 0.4) is 0 Å². The van der Waals surface area contributed by atoms with E-state index in [0.29, 0.717) is 0 Å². The molecular formula is C17H36N2O4Si2. The lowest BCUT2D eigenvalue weighted by Gasteiger charge is -2.40. The van der Waals surface area contributed by atoms with E-state index < -0.39 is 28.8 Å². The van der Waals surface area contributed by atoms with E-state index in [1.54, 1.807) is 0 Å². The van der Waals surface area contributed by atoms with E-state index in [0.717, 1.165) is 18.1 Å². The number of nitrogens with zero attached hydrogens (tertiary/aromatic N) is 2. The Labute approximate surface area is 155 Å². The van der Waals surface area contributed by atoms with Gasteiger partial charge in [0.1, 0.15) is 0 Å². The van der Waals surface area contributed by atoms with Gasteiger partial charge in [-0.3, -0.25) is 0 Å². The number of carbonyl (C=O) groups is 2. The fourth-order valence-electron chi connectivity index (χ4n) is 3.78. The zero-order chi connectivity index (χ0) is 19.8. The molecule has 6 nitrogen and oxygen atoms in total. The van der Waals surface area contributed by atoms with E-state index in [9.17, 15) is 9.59 Å². The lowest BCUT2D eigenvalue weighted by molar-refractivity contribution is 0.195. The predicted molar refractivity (Wildman–Crippen MR) is 106 cm³/mol. The molecule has 146 valence electrons. The zero-order valence-corrected chi connectivity index (χ0v) is 19.4. The van der Waals surface area contributed by atoms with Gasteiger partial charge in [-0.2, -0.15) is 0 Å². The first-order valence-electron chi connectivity index (χ1n) is 9.38. The molecule has 0 aliphatic carbocycles. The van der Waals surface area contributed by atoms with Crippen molar-refractivity contribution >= 4 is 28.8 Å². The molecule has 0 saturated heterocycles. The average molecular weight is 389 g/mol. The van der Waals surface area contributed by atoms with Gasteiger partial charge in [0.05, 0.1) is 0 Å². The minimum Gasteiger partial charge on any atom is -0.501 e. The summed E-state index contributed by atoms with van der Waals surface area (Å²) in [6.07, 6.45) is -1.56. The van der Waals surface area contributed by atoms with Crippen molar-refractivity contribution in [1.82, 2.24) is 0 Å². The lowest BCUT2D eigenvalue weighted by Crippen LogP contribution is -2.48. The van der Waals surface area contributed by atoms with Crippen LogP contribution >= 0.6 is 0 Å². The maximum atomic E-state index is 12.2. The highest BCUT2D eigenvalue weighted by molar-refractivity contribution is 6.79. The Kier molecular flexibility index (Phi) is 9.78. The van der Waals surface area contributed by atoms with Crippen molar-refractivity contribution in [2.45, 2.75) is 97.1 Å². The largest absolute Gasteiger partial charge is 0.501 e. The van der Waals surface area contributed by atoms with E-state index in [2.05, 4.69) is 51.8 Å². The molecule has 0 aliphatic heterocycles. The average Bonchev–Trinajstić information content (AvgIpc) is 2.54. The van der Waals surface area contributed by atoms with Crippen LogP contribution in [-0.2, 0) is 8.85 Å². The highest BCUT2D eigenvalue weighted by Crippen LogP contribution is 2.42. The van der Waals surface area contributed by atoms with Crippen molar-refractivity contribution in [3.63, 3.8) is 0 Å². The van der Waals surface area contributed by atoms with Crippen LogP contribution in [0.5, 0.6) is 0 Å². The summed E-state index contributed by atoms with van der Waals surface area (Å²) < 4.78 is 11.4. The Hall–Kier alpha value is -1.03. The molecule has 8 heteroatoms. The molecule has 0 radical (unpaired) electrons. The lowest BCUT2D eigenvalue weighted by atomic mass is 10.5. The van der Waals surface area contributed by atoms with Crippen molar-refractivity contribution in [3.8, 4) is 0 Å². The van der Waals surface area contributed by atoms with Gasteiger partial charge in [0.2, 0.25) is 0 Å². The van der Waals surface area contributed by atoms with Gasteiger partial charge in [-0.1, -0.05) is 72.5 Å². The fourth-order valence-corrected chi connectivity index (χ4v) is 11.2. The monoisotopic (exact) mass is 388 g/mol. The molecule has 0 aromatic heterocycles. The summed E-state index contributed by atoms with van der Waals surface area (Å²) >= 11 is 0. The van der Waals surface area contributed by atoms with Crippen molar-refractivity contribution in [3.05, 3.63) is 0 Å². The molecule has 0 saturated carbocycles. The second-order valence-electron chi connectivity index (χ2n) is 7.50. The first kappa shape index (κ1) is 24.0. The summed E-state index contributed by atoms with van der Waals surface area (Å²) in [6.45, 7) is 18.5. The second-order valence-corrected chi connectivity index (χ2v) is 17.6. The molecule has 0 fully saturated rings. The molecule has 0 N–H and O–H groups in total. The first-order valence-corrected chi connectivity index (χ1v) is 14.1. The molecule has 25 heavy (non-hydrogen) atoms. The van der Waals surface area contributed by atoms with E-state index in [4.69, 9.17) is 8.85 Å². The van der Waals surface area contributed by atoms with Crippen molar-refractivity contribution in [1.29, 1.82) is 0 Å². The fraction of sp³-hybridized carbons (Fsp3) is 0.882. The SMILES string of the molecule is CC[Si](CC)(CC)OC(=O)/N=N/C(=O)O[Si](C(C)C)(C(C)C)C(C)C. The van der Waals surface area contributed by atoms with Gasteiger partial charge in [-0.15, -0.1) is 0 Å². The van der Waals surface area contributed by atoms with E-state index in [-0.39, 0.29) is 16.6 Å². The third kappa shape index (κ3) is 6.02. The third-order valence-electron chi connectivity index (χ3n) is 5.42. The number of amides is 2. The first-order chi connectivity index (χ1) is 11.5. The van der Waals surface area contributed by atoms with Crippen molar-refractivity contribution in [2.75, 3.05) is 0 Å². The summed E-state index contributed by atoms with van der Waals surface area (Å²) in [5.74, 6) is 0. The minimum atomic E-state index is -2.38. The summed E-state index contributed by atoms with van der Waals surface area (Å²) in [5.41, 5.74) is 0.747. The Morgan fingerprint density at radius 2 is 1.04 bits per heavy atom. The number of hydrogen-bond acceptors (Lipinski definition) is 4. The van der Waals surface area contributed by atoms with Crippen LogP contribution in [0.15, 0.2) is 10.2 Å². The van der Waals surface area contributed by atoms with Gasteiger partial charge in [-0.05, 0) is 34.8 Å². The van der Waals surface area contributed by atoms with E-state index in [1.807, 2.05) is 20.8 Å².